The van der Waals surface area contributed by atoms with E-state index in [-0.39, 0.29) is 17.5 Å². The molecule has 1 fully saturated rings. The van der Waals surface area contributed by atoms with E-state index in [1.54, 1.807) is 31.2 Å². The van der Waals surface area contributed by atoms with E-state index in [2.05, 4.69) is 16.0 Å². The average Bonchev–Trinajstić information content (AvgIpc) is 3.48. The smallest absolute Gasteiger partial charge is 0.374 e. The lowest BCUT2D eigenvalue weighted by atomic mass is 10.1. The van der Waals surface area contributed by atoms with Gasteiger partial charge in [0.25, 0.3) is 0 Å². The number of rotatable bonds is 6. The van der Waals surface area contributed by atoms with E-state index in [1.807, 2.05) is 0 Å². The van der Waals surface area contributed by atoms with Crippen LogP contribution in [-0.4, -0.2) is 17.9 Å². The van der Waals surface area contributed by atoms with Gasteiger partial charge in [0.1, 0.15) is 6.04 Å². The number of nitrogens with one attached hydrogen (secondary N) is 3. The first-order valence-electron chi connectivity index (χ1n) is 8.88. The number of hydrogen-bond acceptors (Lipinski definition) is 3. The van der Waals surface area contributed by atoms with E-state index in [1.165, 1.54) is 18.2 Å². The van der Waals surface area contributed by atoms with Crippen LogP contribution in [0.3, 0.4) is 0 Å². The second kappa shape index (κ2) is 7.92. The van der Waals surface area contributed by atoms with Crippen molar-refractivity contribution in [2.75, 3.05) is 16.0 Å². The lowest BCUT2D eigenvalue weighted by molar-refractivity contribution is -0.137. The van der Waals surface area contributed by atoms with Gasteiger partial charge >= 0.3 is 6.18 Å². The highest BCUT2D eigenvalue weighted by Crippen LogP contribution is 2.34. The van der Waals surface area contributed by atoms with Crippen molar-refractivity contribution >= 4 is 28.9 Å². The Morgan fingerprint density at radius 3 is 2.18 bits per heavy atom. The van der Waals surface area contributed by atoms with Crippen LogP contribution < -0.4 is 16.0 Å². The molecule has 0 aromatic heterocycles. The van der Waals surface area contributed by atoms with E-state index in [9.17, 15) is 22.8 Å². The van der Waals surface area contributed by atoms with Gasteiger partial charge in [-0.25, -0.2) is 0 Å². The van der Waals surface area contributed by atoms with Crippen LogP contribution in [0.1, 0.15) is 25.3 Å². The molecule has 5 nitrogen and oxygen atoms in total. The normalized spacial score (nSPS) is 14.9. The van der Waals surface area contributed by atoms with Crippen LogP contribution in [0.25, 0.3) is 0 Å². The van der Waals surface area contributed by atoms with Crippen molar-refractivity contribution in [3.8, 4) is 0 Å². The molecule has 0 spiro atoms. The molecule has 1 unspecified atom stereocenters. The standard InChI is InChI=1S/C20H20F3N3O2/c1-12(18(27)26-17-5-3-2-4-16(17)20(21,22)23)24-14-8-10-15(11-9-14)25-19(28)13-6-7-13/h2-5,8-13,24H,6-7H2,1H3,(H,25,28)(H,26,27). The Morgan fingerprint density at radius 1 is 0.964 bits per heavy atom. The highest BCUT2D eigenvalue weighted by Gasteiger charge is 2.34. The van der Waals surface area contributed by atoms with Crippen molar-refractivity contribution < 1.29 is 22.8 Å². The lowest BCUT2D eigenvalue weighted by Gasteiger charge is -2.18. The molecule has 0 aliphatic heterocycles. The van der Waals surface area contributed by atoms with Gasteiger partial charge in [-0.15, -0.1) is 0 Å². The highest BCUT2D eigenvalue weighted by atomic mass is 19.4. The third kappa shape index (κ3) is 5.03. The largest absolute Gasteiger partial charge is 0.418 e. The lowest BCUT2D eigenvalue weighted by Crippen LogP contribution is -2.32. The molecule has 3 rings (SSSR count). The number of benzene rings is 2. The van der Waals surface area contributed by atoms with Gasteiger partial charge in [-0.1, -0.05) is 12.1 Å². The number of alkyl halides is 3. The summed E-state index contributed by atoms with van der Waals surface area (Å²) in [5.41, 5.74) is 0.0768. The van der Waals surface area contributed by atoms with Gasteiger partial charge in [-0.2, -0.15) is 13.2 Å². The van der Waals surface area contributed by atoms with Crippen LogP contribution in [0, 0.1) is 5.92 Å². The summed E-state index contributed by atoms with van der Waals surface area (Å²) in [6.07, 6.45) is -2.73. The van der Waals surface area contributed by atoms with Crippen LogP contribution in [0.2, 0.25) is 0 Å². The Morgan fingerprint density at radius 2 is 1.57 bits per heavy atom. The molecule has 0 radical (unpaired) electrons. The van der Waals surface area contributed by atoms with Gasteiger partial charge in [-0.3, -0.25) is 9.59 Å². The van der Waals surface area contributed by atoms with E-state index in [0.717, 1.165) is 18.9 Å². The Bertz CT molecular complexity index is 862. The van der Waals surface area contributed by atoms with Gasteiger partial charge in [0.2, 0.25) is 11.8 Å². The summed E-state index contributed by atoms with van der Waals surface area (Å²) in [7, 11) is 0. The zero-order chi connectivity index (χ0) is 20.3. The maximum atomic E-state index is 13.0. The molecule has 2 aromatic rings. The number of hydrogen-bond donors (Lipinski definition) is 3. The Labute approximate surface area is 160 Å². The summed E-state index contributed by atoms with van der Waals surface area (Å²) < 4.78 is 39.1. The second-order valence-electron chi connectivity index (χ2n) is 6.74. The molecule has 1 saturated carbocycles. The monoisotopic (exact) mass is 391 g/mol. The van der Waals surface area contributed by atoms with E-state index in [0.29, 0.717) is 11.4 Å². The average molecular weight is 391 g/mol. The number of para-hydroxylation sites is 1. The van der Waals surface area contributed by atoms with Crippen molar-refractivity contribution in [2.45, 2.75) is 32.0 Å². The minimum absolute atomic E-state index is 0.00298. The first-order chi connectivity index (χ1) is 13.2. The minimum atomic E-state index is -4.55. The molecule has 148 valence electrons. The van der Waals surface area contributed by atoms with Crippen molar-refractivity contribution in [3.05, 3.63) is 54.1 Å². The molecule has 8 heteroatoms. The van der Waals surface area contributed by atoms with Gasteiger partial charge in [0.05, 0.1) is 11.3 Å². The van der Waals surface area contributed by atoms with Crippen LogP contribution in [-0.2, 0) is 15.8 Å². The third-order valence-corrected chi connectivity index (χ3v) is 4.37. The maximum Gasteiger partial charge on any atom is 0.418 e. The highest BCUT2D eigenvalue weighted by molar-refractivity contribution is 5.97. The molecule has 1 aliphatic carbocycles. The van der Waals surface area contributed by atoms with Crippen LogP contribution >= 0.6 is 0 Å². The molecular weight excluding hydrogens is 371 g/mol. The Kier molecular flexibility index (Phi) is 5.58. The second-order valence-corrected chi connectivity index (χ2v) is 6.74. The molecule has 1 atom stereocenters. The van der Waals surface area contributed by atoms with Crippen molar-refractivity contribution in [2.24, 2.45) is 5.92 Å². The molecule has 1 aliphatic rings. The first-order valence-corrected chi connectivity index (χ1v) is 8.88. The van der Waals surface area contributed by atoms with Crippen molar-refractivity contribution in [1.82, 2.24) is 0 Å². The number of anilines is 3. The van der Waals surface area contributed by atoms with Crippen molar-refractivity contribution in [1.29, 1.82) is 0 Å². The fraction of sp³-hybridized carbons (Fsp3) is 0.300. The summed E-state index contributed by atoms with van der Waals surface area (Å²) >= 11 is 0. The predicted molar refractivity (Wildman–Crippen MR) is 101 cm³/mol. The van der Waals surface area contributed by atoms with Gasteiger partial charge in [0.15, 0.2) is 0 Å². The fourth-order valence-electron chi connectivity index (χ4n) is 2.64. The SMILES string of the molecule is CC(Nc1ccc(NC(=O)C2CC2)cc1)C(=O)Nc1ccccc1C(F)(F)F. The Hall–Kier alpha value is -3.03. The quantitative estimate of drug-likeness (QED) is 0.679. The third-order valence-electron chi connectivity index (χ3n) is 4.37. The van der Waals surface area contributed by atoms with Crippen molar-refractivity contribution in [3.63, 3.8) is 0 Å². The minimum Gasteiger partial charge on any atom is -0.374 e. The van der Waals surface area contributed by atoms with Crippen LogP contribution in [0.5, 0.6) is 0 Å². The van der Waals surface area contributed by atoms with Crippen LogP contribution in [0.4, 0.5) is 30.2 Å². The van der Waals surface area contributed by atoms with Crippen LogP contribution in [0.15, 0.2) is 48.5 Å². The van der Waals surface area contributed by atoms with E-state index >= 15 is 0 Å². The summed E-state index contributed by atoms with van der Waals surface area (Å²) in [5.74, 6) is -0.499. The summed E-state index contributed by atoms with van der Waals surface area (Å²) in [5, 5.41) is 8.05. The number of carbonyl (C=O) groups excluding carboxylic acids is 2. The molecule has 3 N–H and O–H groups in total. The molecule has 28 heavy (non-hydrogen) atoms. The molecule has 2 aromatic carbocycles. The topological polar surface area (TPSA) is 70.2 Å². The van der Waals surface area contributed by atoms with E-state index < -0.39 is 23.7 Å². The Balaban J connectivity index is 1.59. The van der Waals surface area contributed by atoms with Gasteiger partial charge < -0.3 is 16.0 Å². The molecule has 2 amide bonds. The predicted octanol–water partition coefficient (Wildman–Crippen LogP) is 4.49. The molecule has 0 heterocycles. The van der Waals surface area contributed by atoms with Gasteiger partial charge in [-0.05, 0) is 56.2 Å². The number of halogens is 3. The zero-order valence-electron chi connectivity index (χ0n) is 15.1. The van der Waals surface area contributed by atoms with E-state index in [4.69, 9.17) is 0 Å². The summed E-state index contributed by atoms with van der Waals surface area (Å²) in [6, 6.07) is 10.8. The molecular formula is C20H20F3N3O2. The fourth-order valence-corrected chi connectivity index (χ4v) is 2.64. The molecule has 0 bridgehead atoms. The number of amides is 2. The summed E-state index contributed by atoms with van der Waals surface area (Å²) in [6.45, 7) is 1.55. The summed E-state index contributed by atoms with van der Waals surface area (Å²) in [4.78, 5) is 24.0. The number of carbonyl (C=O) groups is 2. The molecule has 0 saturated heterocycles. The van der Waals surface area contributed by atoms with Gasteiger partial charge in [0, 0.05) is 17.3 Å². The first kappa shape index (κ1) is 19.7. The maximum absolute atomic E-state index is 13.0. The zero-order valence-corrected chi connectivity index (χ0v) is 15.1.